The van der Waals surface area contributed by atoms with Crippen LogP contribution in [-0.2, 0) is 9.53 Å². The Balaban J connectivity index is 1.42. The lowest BCUT2D eigenvalue weighted by molar-refractivity contribution is -0.120. The quantitative estimate of drug-likeness (QED) is 0.745. The number of anilines is 1. The molecule has 0 aromatic carbocycles. The summed E-state index contributed by atoms with van der Waals surface area (Å²) >= 11 is 2.97. The van der Waals surface area contributed by atoms with E-state index in [2.05, 4.69) is 20.8 Å². The molecule has 1 aromatic rings. The van der Waals surface area contributed by atoms with Crippen LogP contribution in [-0.4, -0.2) is 46.7 Å². The molecule has 1 aromatic heterocycles. The van der Waals surface area contributed by atoms with Crippen LogP contribution < -0.4 is 10.6 Å². The molecule has 1 saturated carbocycles. The highest BCUT2D eigenvalue weighted by Gasteiger charge is 2.24. The van der Waals surface area contributed by atoms with Crippen LogP contribution in [0.2, 0.25) is 0 Å². The van der Waals surface area contributed by atoms with Crippen molar-refractivity contribution in [1.29, 1.82) is 0 Å². The van der Waals surface area contributed by atoms with Gasteiger partial charge in [0.15, 0.2) is 4.34 Å². The number of hydrogen-bond donors (Lipinski definition) is 2. The van der Waals surface area contributed by atoms with Crippen LogP contribution in [0, 0.1) is 0 Å². The average Bonchev–Trinajstić information content (AvgIpc) is 2.96. The molecule has 2 heterocycles. The van der Waals surface area contributed by atoms with Crippen LogP contribution in [0.1, 0.15) is 32.6 Å². The third-order valence-electron chi connectivity index (χ3n) is 3.49. The molecule has 3 rings (SSSR count). The first-order chi connectivity index (χ1) is 10.2. The molecule has 0 radical (unpaired) electrons. The monoisotopic (exact) mass is 328 g/mol. The van der Waals surface area contributed by atoms with Crippen molar-refractivity contribution >= 4 is 34.1 Å². The van der Waals surface area contributed by atoms with Crippen LogP contribution in [0.3, 0.4) is 0 Å². The molecular weight excluding hydrogens is 308 g/mol. The summed E-state index contributed by atoms with van der Waals surface area (Å²) in [6.07, 6.45) is 4.73. The van der Waals surface area contributed by atoms with Gasteiger partial charge in [0, 0.05) is 19.2 Å². The van der Waals surface area contributed by atoms with Gasteiger partial charge in [-0.1, -0.05) is 23.1 Å². The molecule has 2 N–H and O–H groups in total. The summed E-state index contributed by atoms with van der Waals surface area (Å²) in [5.74, 6) is 0.0300. The molecule has 2 aliphatic rings. The third kappa shape index (κ3) is 4.55. The Labute approximate surface area is 132 Å². The van der Waals surface area contributed by atoms with Crippen LogP contribution in [0.5, 0.6) is 0 Å². The first kappa shape index (κ1) is 15.1. The van der Waals surface area contributed by atoms with E-state index in [0.717, 1.165) is 28.9 Å². The lowest BCUT2D eigenvalue weighted by Gasteiger charge is -2.13. The summed E-state index contributed by atoms with van der Waals surface area (Å²) in [7, 11) is 0. The van der Waals surface area contributed by atoms with Gasteiger partial charge in [0.05, 0.1) is 11.4 Å². The van der Waals surface area contributed by atoms with Gasteiger partial charge in [-0.3, -0.25) is 4.79 Å². The number of ether oxygens (including phenoxy) is 1. The Morgan fingerprint density at radius 1 is 1.48 bits per heavy atom. The van der Waals surface area contributed by atoms with Crippen LogP contribution in [0.25, 0.3) is 0 Å². The van der Waals surface area contributed by atoms with Crippen molar-refractivity contribution in [1.82, 2.24) is 15.5 Å². The number of carbonyl (C=O) groups excluding carboxylic acids is 1. The Morgan fingerprint density at radius 2 is 2.33 bits per heavy atom. The normalized spacial score (nSPS) is 23.0. The van der Waals surface area contributed by atoms with E-state index in [1.54, 1.807) is 0 Å². The van der Waals surface area contributed by atoms with Crippen molar-refractivity contribution < 1.29 is 9.53 Å². The van der Waals surface area contributed by atoms with E-state index in [9.17, 15) is 4.79 Å². The van der Waals surface area contributed by atoms with Crippen molar-refractivity contribution in [3.8, 4) is 0 Å². The minimum Gasteiger partial charge on any atom is -0.376 e. The lowest BCUT2D eigenvalue weighted by Crippen LogP contribution is -2.36. The first-order valence-electron chi connectivity index (χ1n) is 7.37. The van der Waals surface area contributed by atoms with Crippen molar-refractivity contribution in [2.75, 3.05) is 18.5 Å². The van der Waals surface area contributed by atoms with Gasteiger partial charge in [0.1, 0.15) is 0 Å². The molecule has 0 spiro atoms. The molecule has 1 aliphatic carbocycles. The fourth-order valence-electron chi connectivity index (χ4n) is 2.09. The highest BCUT2D eigenvalue weighted by atomic mass is 32.2. The minimum atomic E-state index is -0.173. The molecule has 8 heteroatoms. The number of nitrogens with zero attached hydrogens (tertiary/aromatic N) is 2. The fraction of sp³-hybridized carbons (Fsp3) is 0.769. The van der Waals surface area contributed by atoms with Gasteiger partial charge in [-0.05, 0) is 32.6 Å². The van der Waals surface area contributed by atoms with E-state index in [1.807, 2.05) is 6.92 Å². The van der Waals surface area contributed by atoms with Crippen molar-refractivity contribution in [2.24, 2.45) is 0 Å². The summed E-state index contributed by atoms with van der Waals surface area (Å²) in [4.78, 5) is 12.1. The van der Waals surface area contributed by atoms with Crippen LogP contribution in [0.15, 0.2) is 4.34 Å². The molecule has 0 bridgehead atoms. The Bertz CT molecular complexity index is 486. The van der Waals surface area contributed by atoms with Gasteiger partial charge in [-0.15, -0.1) is 10.2 Å². The SMILES string of the molecule is C[C@@H](Sc1nnc(NC2CC2)s1)C(=O)NC[C@@H]1CCCO1. The zero-order valence-corrected chi connectivity index (χ0v) is 13.6. The summed E-state index contributed by atoms with van der Waals surface area (Å²) in [6, 6.07) is 0.572. The maximum absolute atomic E-state index is 12.1. The number of hydrogen-bond acceptors (Lipinski definition) is 7. The highest BCUT2D eigenvalue weighted by molar-refractivity contribution is 8.02. The van der Waals surface area contributed by atoms with E-state index < -0.39 is 0 Å². The maximum atomic E-state index is 12.1. The molecule has 1 saturated heterocycles. The number of thioether (sulfide) groups is 1. The predicted octanol–water partition coefficient (Wildman–Crippen LogP) is 1.89. The van der Waals surface area contributed by atoms with Crippen molar-refractivity contribution in [3.63, 3.8) is 0 Å². The molecule has 2 atom stereocenters. The highest BCUT2D eigenvalue weighted by Crippen LogP contribution is 2.32. The second kappa shape index (κ2) is 6.93. The third-order valence-corrected chi connectivity index (χ3v) is 5.52. The average molecular weight is 328 g/mol. The number of aromatic nitrogens is 2. The Hall–Kier alpha value is -0.860. The van der Waals surface area contributed by atoms with Crippen LogP contribution in [0.4, 0.5) is 5.13 Å². The second-order valence-electron chi connectivity index (χ2n) is 5.43. The molecule has 1 aliphatic heterocycles. The topological polar surface area (TPSA) is 76.1 Å². The van der Waals surface area contributed by atoms with Crippen molar-refractivity contribution in [2.45, 2.75) is 54.3 Å². The van der Waals surface area contributed by atoms with E-state index in [4.69, 9.17) is 4.74 Å². The van der Waals surface area contributed by atoms with Crippen molar-refractivity contribution in [3.05, 3.63) is 0 Å². The van der Waals surface area contributed by atoms with E-state index in [-0.39, 0.29) is 17.3 Å². The molecule has 1 amide bonds. The largest absolute Gasteiger partial charge is 0.376 e. The Kier molecular flexibility index (Phi) is 4.97. The zero-order valence-electron chi connectivity index (χ0n) is 12.0. The van der Waals surface area contributed by atoms with Gasteiger partial charge in [0.25, 0.3) is 0 Å². The number of nitrogens with one attached hydrogen (secondary N) is 2. The molecule has 0 unspecified atom stereocenters. The first-order valence-corrected chi connectivity index (χ1v) is 9.06. The lowest BCUT2D eigenvalue weighted by atomic mass is 10.2. The molecule has 21 heavy (non-hydrogen) atoms. The van der Waals surface area contributed by atoms with E-state index in [1.165, 1.54) is 35.9 Å². The molecule has 2 fully saturated rings. The van der Waals surface area contributed by atoms with Gasteiger partial charge >= 0.3 is 0 Å². The standard InChI is InChI=1S/C13H20N4O2S2/c1-8(11(18)14-7-10-3-2-6-19-10)20-13-17-16-12(21-13)15-9-4-5-9/h8-10H,2-7H2,1H3,(H,14,18)(H,15,16)/t8-,10+/m1/s1. The zero-order chi connectivity index (χ0) is 14.7. The minimum absolute atomic E-state index is 0.0300. The Morgan fingerprint density at radius 3 is 3.05 bits per heavy atom. The maximum Gasteiger partial charge on any atom is 0.233 e. The van der Waals surface area contributed by atoms with E-state index in [0.29, 0.717) is 12.6 Å². The van der Waals surface area contributed by atoms with E-state index >= 15 is 0 Å². The van der Waals surface area contributed by atoms with Gasteiger partial charge in [-0.2, -0.15) is 0 Å². The molecular formula is C13H20N4O2S2. The van der Waals surface area contributed by atoms with Gasteiger partial charge < -0.3 is 15.4 Å². The second-order valence-corrected chi connectivity index (χ2v) is 8.00. The summed E-state index contributed by atoms with van der Waals surface area (Å²) in [5.41, 5.74) is 0. The van der Waals surface area contributed by atoms with Crippen LogP contribution >= 0.6 is 23.1 Å². The van der Waals surface area contributed by atoms with Gasteiger partial charge in [0.2, 0.25) is 11.0 Å². The number of carbonyl (C=O) groups is 1. The number of amides is 1. The molecule has 6 nitrogen and oxygen atoms in total. The fourth-order valence-corrected chi connectivity index (χ4v) is 4.08. The summed E-state index contributed by atoms with van der Waals surface area (Å²) in [5, 5.41) is 15.2. The number of rotatable bonds is 7. The summed E-state index contributed by atoms with van der Waals surface area (Å²) in [6.45, 7) is 3.31. The van der Waals surface area contributed by atoms with Gasteiger partial charge in [-0.25, -0.2) is 0 Å². The smallest absolute Gasteiger partial charge is 0.233 e. The molecule has 116 valence electrons. The summed E-state index contributed by atoms with van der Waals surface area (Å²) < 4.78 is 6.33. The predicted molar refractivity (Wildman–Crippen MR) is 83.9 cm³/mol.